The van der Waals surface area contributed by atoms with Crippen LogP contribution in [0.5, 0.6) is 0 Å². The fourth-order valence-electron chi connectivity index (χ4n) is 3.29. The topological polar surface area (TPSA) is 71.3 Å². The predicted molar refractivity (Wildman–Crippen MR) is 83.4 cm³/mol. The van der Waals surface area contributed by atoms with E-state index in [1.807, 2.05) is 0 Å². The number of pyridine rings is 1. The van der Waals surface area contributed by atoms with Gasteiger partial charge in [-0.3, -0.25) is 10.1 Å². The first kappa shape index (κ1) is 15.7. The maximum Gasteiger partial charge on any atom is 0.311 e. The van der Waals surface area contributed by atoms with Crippen molar-refractivity contribution >= 4 is 11.5 Å². The number of hydrogen-bond donors (Lipinski definition) is 1. The normalized spacial score (nSPS) is 25.8. The first-order chi connectivity index (χ1) is 9.94. The Morgan fingerprint density at radius 2 is 2.33 bits per heavy atom. The van der Waals surface area contributed by atoms with Gasteiger partial charge in [0.2, 0.25) is 5.82 Å². The molecular weight excluding hydrogens is 268 g/mol. The largest absolute Gasteiger partial charge is 0.362 e. The van der Waals surface area contributed by atoms with Gasteiger partial charge in [-0.05, 0) is 38.9 Å². The number of aromatic nitrogens is 1. The van der Waals surface area contributed by atoms with Crippen LogP contribution in [0.25, 0.3) is 0 Å². The first-order valence-corrected chi connectivity index (χ1v) is 7.45. The van der Waals surface area contributed by atoms with Crippen molar-refractivity contribution in [1.29, 1.82) is 0 Å². The molecule has 0 radical (unpaired) electrons. The number of nitrogens with zero attached hydrogens (tertiary/aromatic N) is 3. The van der Waals surface area contributed by atoms with Crippen molar-refractivity contribution in [1.82, 2.24) is 9.88 Å². The highest BCUT2D eigenvalue weighted by Gasteiger charge is 2.37. The lowest BCUT2D eigenvalue weighted by atomic mass is 9.75. The molecule has 0 aromatic carbocycles. The monoisotopic (exact) mass is 292 g/mol. The third-order valence-electron chi connectivity index (χ3n) is 4.58. The molecule has 2 atom stereocenters. The van der Waals surface area contributed by atoms with E-state index < -0.39 is 0 Å². The van der Waals surface area contributed by atoms with Crippen LogP contribution in [0.3, 0.4) is 0 Å². The van der Waals surface area contributed by atoms with E-state index in [0.717, 1.165) is 12.8 Å². The molecule has 1 heterocycles. The van der Waals surface area contributed by atoms with E-state index in [2.05, 4.69) is 36.2 Å². The summed E-state index contributed by atoms with van der Waals surface area (Å²) in [6.45, 7) is 2.96. The zero-order chi connectivity index (χ0) is 15.5. The molecule has 1 aliphatic carbocycles. The van der Waals surface area contributed by atoms with Crippen LogP contribution in [0.4, 0.5) is 11.5 Å². The Balaban J connectivity index is 2.14. The molecule has 6 nitrogen and oxygen atoms in total. The van der Waals surface area contributed by atoms with Crippen molar-refractivity contribution < 1.29 is 4.92 Å². The number of nitrogens with one attached hydrogen (secondary N) is 1. The van der Waals surface area contributed by atoms with Crippen molar-refractivity contribution in [3.8, 4) is 0 Å². The summed E-state index contributed by atoms with van der Waals surface area (Å²) in [7, 11) is 4.18. The van der Waals surface area contributed by atoms with Gasteiger partial charge in [0, 0.05) is 24.3 Å². The molecule has 1 aromatic heterocycles. The Morgan fingerprint density at radius 1 is 1.57 bits per heavy atom. The predicted octanol–water partition coefficient (Wildman–Crippen LogP) is 2.91. The van der Waals surface area contributed by atoms with Crippen LogP contribution in [-0.2, 0) is 0 Å². The maximum absolute atomic E-state index is 11.1. The van der Waals surface area contributed by atoms with Gasteiger partial charge in [0.1, 0.15) is 0 Å². The summed E-state index contributed by atoms with van der Waals surface area (Å²) in [4.78, 5) is 17.0. The third kappa shape index (κ3) is 3.50. The first-order valence-electron chi connectivity index (χ1n) is 7.45. The quantitative estimate of drug-likeness (QED) is 0.667. The van der Waals surface area contributed by atoms with Gasteiger partial charge >= 0.3 is 5.69 Å². The smallest absolute Gasteiger partial charge is 0.311 e. The van der Waals surface area contributed by atoms with E-state index in [0.29, 0.717) is 18.3 Å². The van der Waals surface area contributed by atoms with Crippen molar-refractivity contribution in [2.24, 2.45) is 5.92 Å². The van der Waals surface area contributed by atoms with E-state index in [1.54, 1.807) is 12.3 Å². The molecule has 21 heavy (non-hydrogen) atoms. The molecule has 1 saturated carbocycles. The van der Waals surface area contributed by atoms with Gasteiger partial charge in [0.25, 0.3) is 0 Å². The van der Waals surface area contributed by atoms with E-state index in [-0.39, 0.29) is 16.1 Å². The summed E-state index contributed by atoms with van der Waals surface area (Å²) < 4.78 is 0. The van der Waals surface area contributed by atoms with Gasteiger partial charge in [-0.15, -0.1) is 0 Å². The molecular formula is C15H24N4O2. The van der Waals surface area contributed by atoms with Crippen LogP contribution in [0.2, 0.25) is 0 Å². The molecule has 1 aliphatic rings. The Labute approximate surface area is 125 Å². The molecule has 2 unspecified atom stereocenters. The van der Waals surface area contributed by atoms with Crippen molar-refractivity contribution in [2.75, 3.05) is 26.0 Å². The summed E-state index contributed by atoms with van der Waals surface area (Å²) in [5, 5.41) is 14.3. The average molecular weight is 292 g/mol. The van der Waals surface area contributed by atoms with Gasteiger partial charge < -0.3 is 10.2 Å². The number of anilines is 1. The Bertz CT molecular complexity index is 506. The minimum Gasteiger partial charge on any atom is -0.362 e. The Morgan fingerprint density at radius 3 is 2.95 bits per heavy atom. The van der Waals surface area contributed by atoms with Crippen LogP contribution in [0.1, 0.15) is 32.6 Å². The van der Waals surface area contributed by atoms with Crippen LogP contribution in [0, 0.1) is 16.0 Å². The zero-order valence-electron chi connectivity index (χ0n) is 13.0. The SMILES string of the molecule is CC1CCCC(CNc2ncccc2[N+](=O)[O-])(N(C)C)C1. The molecule has 0 aliphatic heterocycles. The summed E-state index contributed by atoms with van der Waals surface area (Å²) in [5.41, 5.74) is 0.0820. The standard InChI is InChI=1S/C15H24N4O2/c1-12-6-4-8-15(10-12,18(2)3)11-17-14-13(19(20)21)7-5-9-16-14/h5,7,9,12H,4,6,8,10-11H2,1-3H3,(H,16,17). The second kappa shape index (κ2) is 6.39. The van der Waals surface area contributed by atoms with E-state index >= 15 is 0 Å². The van der Waals surface area contributed by atoms with Gasteiger partial charge in [-0.1, -0.05) is 19.8 Å². The molecule has 6 heteroatoms. The second-order valence-corrected chi connectivity index (χ2v) is 6.30. The summed E-state index contributed by atoms with van der Waals surface area (Å²) in [5.74, 6) is 1.05. The molecule has 1 fully saturated rings. The number of likely N-dealkylation sites (N-methyl/N-ethyl adjacent to an activating group) is 1. The average Bonchev–Trinajstić information content (AvgIpc) is 2.45. The number of nitro groups is 1. The Kier molecular flexibility index (Phi) is 4.77. The van der Waals surface area contributed by atoms with Gasteiger partial charge in [0.05, 0.1) is 4.92 Å². The summed E-state index contributed by atoms with van der Waals surface area (Å²) >= 11 is 0. The highest BCUT2D eigenvalue weighted by molar-refractivity contribution is 5.55. The summed E-state index contributed by atoms with van der Waals surface area (Å²) in [6.07, 6.45) is 6.26. The number of rotatable bonds is 5. The third-order valence-corrected chi connectivity index (χ3v) is 4.58. The van der Waals surface area contributed by atoms with Crippen molar-refractivity contribution in [3.05, 3.63) is 28.4 Å². The van der Waals surface area contributed by atoms with Crippen LogP contribution < -0.4 is 5.32 Å². The van der Waals surface area contributed by atoms with Crippen molar-refractivity contribution in [2.45, 2.75) is 38.1 Å². The summed E-state index contributed by atoms with van der Waals surface area (Å²) in [6, 6.07) is 3.08. The molecule has 2 rings (SSSR count). The highest BCUT2D eigenvalue weighted by atomic mass is 16.6. The molecule has 116 valence electrons. The lowest BCUT2D eigenvalue weighted by Gasteiger charge is -2.45. The fourth-order valence-corrected chi connectivity index (χ4v) is 3.29. The van der Waals surface area contributed by atoms with Crippen LogP contribution in [0.15, 0.2) is 18.3 Å². The van der Waals surface area contributed by atoms with Crippen LogP contribution in [-0.4, -0.2) is 41.0 Å². The zero-order valence-corrected chi connectivity index (χ0v) is 13.0. The van der Waals surface area contributed by atoms with Gasteiger partial charge in [0.15, 0.2) is 0 Å². The molecule has 0 amide bonds. The van der Waals surface area contributed by atoms with Gasteiger partial charge in [-0.2, -0.15) is 0 Å². The second-order valence-electron chi connectivity index (χ2n) is 6.30. The van der Waals surface area contributed by atoms with Crippen molar-refractivity contribution in [3.63, 3.8) is 0 Å². The molecule has 0 bridgehead atoms. The fraction of sp³-hybridized carbons (Fsp3) is 0.667. The Hall–Kier alpha value is -1.69. The molecule has 0 saturated heterocycles. The number of hydrogen-bond acceptors (Lipinski definition) is 5. The lowest BCUT2D eigenvalue weighted by Crippen LogP contribution is -2.52. The van der Waals surface area contributed by atoms with Gasteiger partial charge in [-0.25, -0.2) is 4.98 Å². The molecule has 1 N–H and O–H groups in total. The van der Waals surface area contributed by atoms with E-state index in [1.165, 1.54) is 18.9 Å². The highest BCUT2D eigenvalue weighted by Crippen LogP contribution is 2.36. The van der Waals surface area contributed by atoms with Crippen LogP contribution >= 0.6 is 0 Å². The lowest BCUT2D eigenvalue weighted by molar-refractivity contribution is -0.384. The van der Waals surface area contributed by atoms with E-state index in [9.17, 15) is 10.1 Å². The van der Waals surface area contributed by atoms with E-state index in [4.69, 9.17) is 0 Å². The molecule has 1 aromatic rings. The minimum atomic E-state index is -0.388. The minimum absolute atomic E-state index is 0.0373. The molecule has 0 spiro atoms. The maximum atomic E-state index is 11.1.